The van der Waals surface area contributed by atoms with E-state index in [0.717, 1.165) is 12.8 Å². The number of unbranched alkanes of at least 4 members (excludes halogenated alkanes) is 8. The molecule has 5 nitrogen and oxygen atoms in total. The monoisotopic (exact) mass is 374 g/mol. The summed E-state index contributed by atoms with van der Waals surface area (Å²) in [4.78, 5) is 11.0. The van der Waals surface area contributed by atoms with E-state index in [1.165, 1.54) is 51.4 Å². The van der Waals surface area contributed by atoms with Crippen LogP contribution < -0.4 is 0 Å². The van der Waals surface area contributed by atoms with Gasteiger partial charge in [0.25, 0.3) is 0 Å². The van der Waals surface area contributed by atoms with Gasteiger partial charge in [-0.1, -0.05) is 64.7 Å². The van der Waals surface area contributed by atoms with E-state index in [1.54, 1.807) is 0 Å². The van der Waals surface area contributed by atoms with Crippen molar-refractivity contribution in [3.05, 3.63) is 0 Å². The highest BCUT2D eigenvalue weighted by Crippen LogP contribution is 2.13. The van der Waals surface area contributed by atoms with Gasteiger partial charge in [0.2, 0.25) is 0 Å². The first-order valence-corrected chi connectivity index (χ1v) is 10.6. The summed E-state index contributed by atoms with van der Waals surface area (Å²) in [6.07, 6.45) is 12.3. The van der Waals surface area contributed by atoms with Crippen molar-refractivity contribution in [3.8, 4) is 0 Å². The Balaban J connectivity index is 3.70. The summed E-state index contributed by atoms with van der Waals surface area (Å²) < 4.78 is 6.40. The topological polar surface area (TPSA) is 66.8 Å². The number of aliphatic carboxylic acids is 1. The fraction of sp³-hybridized carbons (Fsp3) is 0.952. The van der Waals surface area contributed by atoms with Crippen molar-refractivity contribution >= 4 is 5.97 Å². The molecule has 0 aliphatic rings. The van der Waals surface area contributed by atoms with Gasteiger partial charge in [-0.25, -0.2) is 0 Å². The van der Waals surface area contributed by atoms with Crippen LogP contribution in [0, 0.1) is 0 Å². The fourth-order valence-corrected chi connectivity index (χ4v) is 3.19. The van der Waals surface area contributed by atoms with Gasteiger partial charge in [0, 0.05) is 6.61 Å². The molecule has 0 aliphatic carbocycles. The van der Waals surface area contributed by atoms with Crippen molar-refractivity contribution in [2.24, 2.45) is 0 Å². The molecule has 0 aliphatic heterocycles. The minimum absolute atomic E-state index is 0.0177. The van der Waals surface area contributed by atoms with Gasteiger partial charge in [-0.15, -0.1) is 0 Å². The van der Waals surface area contributed by atoms with Crippen LogP contribution >= 0.6 is 0 Å². The fourth-order valence-electron chi connectivity index (χ4n) is 3.19. The Kier molecular flexibility index (Phi) is 15.0. The first kappa shape index (κ1) is 25.4. The van der Waals surface area contributed by atoms with Gasteiger partial charge >= 0.3 is 5.97 Å². The van der Waals surface area contributed by atoms with Crippen LogP contribution in [0.1, 0.15) is 84.0 Å². The summed E-state index contributed by atoms with van der Waals surface area (Å²) in [7, 11) is 6.07. The predicted octanol–water partition coefficient (Wildman–Crippen LogP) is 4.22. The van der Waals surface area contributed by atoms with E-state index in [9.17, 15) is 9.90 Å². The zero-order chi connectivity index (χ0) is 19.8. The summed E-state index contributed by atoms with van der Waals surface area (Å²) >= 11 is 0. The molecule has 0 saturated carbocycles. The first-order chi connectivity index (χ1) is 12.2. The Morgan fingerprint density at radius 3 is 1.96 bits per heavy atom. The van der Waals surface area contributed by atoms with E-state index < -0.39 is 5.97 Å². The van der Waals surface area contributed by atoms with Crippen molar-refractivity contribution in [2.75, 3.05) is 34.3 Å². The van der Waals surface area contributed by atoms with E-state index in [1.807, 2.05) is 21.1 Å². The molecule has 5 heteroatoms. The molecule has 156 valence electrons. The van der Waals surface area contributed by atoms with Crippen LogP contribution in [0.2, 0.25) is 0 Å². The predicted molar refractivity (Wildman–Crippen MR) is 107 cm³/mol. The molecule has 0 radical (unpaired) electrons. The maximum absolute atomic E-state index is 11.0. The maximum atomic E-state index is 11.0. The van der Waals surface area contributed by atoms with E-state index >= 15 is 0 Å². The molecule has 0 aromatic carbocycles. The second-order valence-electron chi connectivity index (χ2n) is 8.62. The number of carboxylic acids is 1. The van der Waals surface area contributed by atoms with Gasteiger partial charge < -0.3 is 19.4 Å². The van der Waals surface area contributed by atoms with Crippen LogP contribution in [0.3, 0.4) is 0 Å². The minimum Gasteiger partial charge on any atom is -0.481 e. The van der Waals surface area contributed by atoms with Gasteiger partial charge in [-0.2, -0.15) is 0 Å². The van der Waals surface area contributed by atoms with E-state index in [2.05, 4.69) is 6.92 Å². The van der Waals surface area contributed by atoms with Crippen LogP contribution in [-0.4, -0.2) is 67.2 Å². The molecule has 0 aromatic heterocycles. The summed E-state index contributed by atoms with van der Waals surface area (Å²) in [6, 6.07) is 0. The highest BCUT2D eigenvalue weighted by Gasteiger charge is 2.21. The number of rotatable bonds is 18. The minimum atomic E-state index is -0.835. The third-order valence-corrected chi connectivity index (χ3v) is 4.60. The number of quaternary nitrogens is 1. The van der Waals surface area contributed by atoms with Crippen molar-refractivity contribution in [3.63, 3.8) is 0 Å². The number of likely N-dealkylation sites (N-methyl/N-ethyl adjacent to an activating group) is 1. The molecular weight excluding hydrogens is 330 g/mol. The number of hydrogen-bond acceptors (Lipinski definition) is 3. The number of aliphatic hydroxyl groups is 1. The van der Waals surface area contributed by atoms with Crippen molar-refractivity contribution in [1.29, 1.82) is 0 Å². The molecule has 0 rings (SSSR count). The number of aliphatic hydroxyl groups excluding tert-OH is 1. The lowest BCUT2D eigenvalue weighted by Gasteiger charge is -2.28. The van der Waals surface area contributed by atoms with E-state index in [-0.39, 0.29) is 18.6 Å². The second-order valence-corrected chi connectivity index (χ2v) is 8.62. The molecule has 2 unspecified atom stereocenters. The molecule has 0 amide bonds. The number of carbonyl (C=O) groups is 1. The highest BCUT2D eigenvalue weighted by molar-refractivity contribution is 5.67. The Morgan fingerprint density at radius 2 is 1.46 bits per heavy atom. The second kappa shape index (κ2) is 15.4. The molecule has 0 heterocycles. The van der Waals surface area contributed by atoms with E-state index in [4.69, 9.17) is 9.84 Å². The van der Waals surface area contributed by atoms with Crippen LogP contribution in [-0.2, 0) is 9.53 Å². The molecule has 0 aromatic rings. The quantitative estimate of drug-likeness (QED) is 0.278. The summed E-state index contributed by atoms with van der Waals surface area (Å²) in [5.41, 5.74) is 0. The molecule has 2 atom stereocenters. The van der Waals surface area contributed by atoms with Crippen molar-refractivity contribution in [1.82, 2.24) is 0 Å². The Bertz CT molecular complexity index is 341. The molecular formula is C21H44NO4+. The third kappa shape index (κ3) is 18.2. The first-order valence-electron chi connectivity index (χ1n) is 10.6. The summed E-state index contributed by atoms with van der Waals surface area (Å²) in [5.74, 6) is -0.835. The Labute approximate surface area is 161 Å². The third-order valence-electron chi connectivity index (χ3n) is 4.60. The van der Waals surface area contributed by atoms with Gasteiger partial charge in [-0.05, 0) is 12.8 Å². The van der Waals surface area contributed by atoms with Gasteiger partial charge in [-0.3, -0.25) is 4.79 Å². The SMILES string of the molecule is CCCCCCCCCCCC(O)CCOC(CC(=O)O)C[N+](C)(C)C. The lowest BCUT2D eigenvalue weighted by atomic mass is 10.0. The van der Waals surface area contributed by atoms with Gasteiger partial charge in [0.15, 0.2) is 0 Å². The lowest BCUT2D eigenvalue weighted by Crippen LogP contribution is -2.43. The largest absolute Gasteiger partial charge is 0.481 e. The van der Waals surface area contributed by atoms with E-state index in [0.29, 0.717) is 24.1 Å². The highest BCUT2D eigenvalue weighted by atomic mass is 16.5. The average molecular weight is 375 g/mol. The van der Waals surface area contributed by atoms with Crippen molar-refractivity contribution in [2.45, 2.75) is 96.2 Å². The average Bonchev–Trinajstić information content (AvgIpc) is 2.51. The zero-order valence-electron chi connectivity index (χ0n) is 17.7. The number of hydrogen-bond donors (Lipinski definition) is 2. The number of carboxylic acid groups (broad SMARTS) is 1. The van der Waals surface area contributed by atoms with Crippen LogP contribution in [0.15, 0.2) is 0 Å². The molecule has 0 spiro atoms. The summed E-state index contributed by atoms with van der Waals surface area (Å²) in [6.45, 7) is 3.32. The lowest BCUT2D eigenvalue weighted by molar-refractivity contribution is -0.873. The van der Waals surface area contributed by atoms with Gasteiger partial charge in [0.05, 0.1) is 33.7 Å². The number of nitrogens with zero attached hydrogens (tertiary/aromatic N) is 1. The zero-order valence-corrected chi connectivity index (χ0v) is 17.7. The smallest absolute Gasteiger partial charge is 0.306 e. The van der Waals surface area contributed by atoms with Gasteiger partial charge in [0.1, 0.15) is 12.6 Å². The molecule has 0 fully saturated rings. The normalized spacial score (nSPS) is 14.3. The summed E-state index contributed by atoms with van der Waals surface area (Å²) in [5, 5.41) is 19.1. The number of ether oxygens (including phenoxy) is 1. The molecule has 2 N–H and O–H groups in total. The Morgan fingerprint density at radius 1 is 0.923 bits per heavy atom. The van der Waals surface area contributed by atoms with Crippen LogP contribution in [0.5, 0.6) is 0 Å². The Hall–Kier alpha value is -0.650. The van der Waals surface area contributed by atoms with Crippen LogP contribution in [0.4, 0.5) is 0 Å². The standard InChI is InChI=1S/C21H43NO4/c1-5-6-7-8-9-10-11-12-13-14-19(23)15-16-26-20(17-21(24)25)18-22(2,3)4/h19-20,23H,5-18H2,1-4H3/p+1. The van der Waals surface area contributed by atoms with Crippen LogP contribution in [0.25, 0.3) is 0 Å². The molecule has 0 bridgehead atoms. The van der Waals surface area contributed by atoms with Crippen molar-refractivity contribution < 1.29 is 24.2 Å². The molecule has 26 heavy (non-hydrogen) atoms. The maximum Gasteiger partial charge on any atom is 0.306 e. The molecule has 0 saturated heterocycles.